The van der Waals surface area contributed by atoms with Crippen LogP contribution in [0.2, 0.25) is 0 Å². The average Bonchev–Trinajstić information content (AvgIpc) is 2.14. The van der Waals surface area contributed by atoms with E-state index in [9.17, 15) is 9.50 Å². The summed E-state index contributed by atoms with van der Waals surface area (Å²) in [6, 6.07) is 4.56. The van der Waals surface area contributed by atoms with Gasteiger partial charge in [0.25, 0.3) is 0 Å². The molecule has 0 bridgehead atoms. The lowest BCUT2D eigenvalue weighted by atomic mass is 9.95. The van der Waals surface area contributed by atoms with Gasteiger partial charge in [-0.3, -0.25) is 0 Å². The van der Waals surface area contributed by atoms with E-state index in [-0.39, 0.29) is 11.2 Å². The van der Waals surface area contributed by atoms with E-state index >= 15 is 0 Å². The Hall–Kier alpha value is -1.09. The molecule has 3 heteroatoms. The minimum atomic E-state index is -0.664. The minimum absolute atomic E-state index is 0.152. The number of hydrogen-bond acceptors (Lipinski definition) is 2. The van der Waals surface area contributed by atoms with E-state index in [2.05, 4.69) is 25.7 Å². The van der Waals surface area contributed by atoms with Gasteiger partial charge in [-0.2, -0.15) is 0 Å². The lowest BCUT2D eigenvalue weighted by Gasteiger charge is -2.30. The van der Waals surface area contributed by atoms with Gasteiger partial charge in [0.1, 0.15) is 5.82 Å². The first-order valence-corrected chi connectivity index (χ1v) is 5.89. The van der Waals surface area contributed by atoms with Crippen molar-refractivity contribution >= 4 is 5.69 Å². The summed E-state index contributed by atoms with van der Waals surface area (Å²) in [4.78, 5) is 2.06. The topological polar surface area (TPSA) is 23.5 Å². The van der Waals surface area contributed by atoms with E-state index in [1.54, 1.807) is 13.0 Å². The highest BCUT2D eigenvalue weighted by Crippen LogP contribution is 2.28. The third-order valence-corrected chi connectivity index (χ3v) is 2.56. The van der Waals surface area contributed by atoms with Crippen LogP contribution in [0.5, 0.6) is 0 Å². The van der Waals surface area contributed by atoms with Crippen LogP contribution in [0.25, 0.3) is 0 Å². The molecule has 0 radical (unpaired) electrons. The SMILES string of the molecule is C[C@H](O)c1cc(F)ccc1N(C)CC(C)(C)C. The maximum absolute atomic E-state index is 13.2. The molecule has 0 aromatic heterocycles. The predicted octanol–water partition coefficient (Wildman–Crippen LogP) is 3.36. The van der Waals surface area contributed by atoms with Crippen molar-refractivity contribution in [2.75, 3.05) is 18.5 Å². The van der Waals surface area contributed by atoms with Crippen LogP contribution in [0.1, 0.15) is 39.4 Å². The second-order valence-corrected chi connectivity index (χ2v) is 5.80. The highest BCUT2D eigenvalue weighted by atomic mass is 19.1. The molecule has 96 valence electrons. The zero-order chi connectivity index (χ0) is 13.2. The molecule has 1 N–H and O–H groups in total. The van der Waals surface area contributed by atoms with Gasteiger partial charge in [-0.1, -0.05) is 20.8 Å². The molecule has 1 atom stereocenters. The molecular weight excluding hydrogens is 217 g/mol. The molecule has 2 nitrogen and oxygen atoms in total. The van der Waals surface area contributed by atoms with Crippen LogP contribution < -0.4 is 4.90 Å². The maximum Gasteiger partial charge on any atom is 0.123 e. The standard InChI is InChI=1S/C14H22FNO/c1-10(17)12-8-11(15)6-7-13(12)16(5)9-14(2,3)4/h6-8,10,17H,9H2,1-5H3/t10-/m0/s1. The molecule has 0 heterocycles. The summed E-state index contributed by atoms with van der Waals surface area (Å²) in [5.74, 6) is -0.311. The zero-order valence-electron chi connectivity index (χ0n) is 11.3. The quantitative estimate of drug-likeness (QED) is 0.874. The number of nitrogens with zero attached hydrogens (tertiary/aromatic N) is 1. The van der Waals surface area contributed by atoms with Crippen LogP contribution in [-0.2, 0) is 0 Å². The Bertz CT molecular complexity index is 382. The van der Waals surface area contributed by atoms with Crippen molar-refractivity contribution in [3.63, 3.8) is 0 Å². The van der Waals surface area contributed by atoms with Crippen LogP contribution in [0, 0.1) is 11.2 Å². The molecule has 0 fully saturated rings. The molecule has 0 saturated heterocycles. The largest absolute Gasteiger partial charge is 0.389 e. The smallest absolute Gasteiger partial charge is 0.123 e. The molecule has 0 aliphatic carbocycles. The molecule has 0 spiro atoms. The lowest BCUT2D eigenvalue weighted by Crippen LogP contribution is -2.30. The fourth-order valence-corrected chi connectivity index (χ4v) is 2.00. The molecule has 0 aliphatic heterocycles. The number of rotatable bonds is 3. The fourth-order valence-electron chi connectivity index (χ4n) is 2.00. The highest BCUT2D eigenvalue weighted by Gasteiger charge is 2.18. The number of aliphatic hydroxyl groups excluding tert-OH is 1. The number of anilines is 1. The van der Waals surface area contributed by atoms with Crippen molar-refractivity contribution in [2.24, 2.45) is 5.41 Å². The van der Waals surface area contributed by atoms with Gasteiger partial charge in [-0.25, -0.2) is 4.39 Å². The molecule has 1 aromatic carbocycles. The Kier molecular flexibility index (Phi) is 4.15. The molecule has 0 unspecified atom stereocenters. The molecule has 1 aromatic rings. The van der Waals surface area contributed by atoms with Crippen LogP contribution >= 0.6 is 0 Å². The second kappa shape index (κ2) is 5.05. The molecule has 0 amide bonds. The Morgan fingerprint density at radius 3 is 2.41 bits per heavy atom. The third kappa shape index (κ3) is 4.00. The normalized spacial score (nSPS) is 13.6. The van der Waals surface area contributed by atoms with Gasteiger partial charge in [0, 0.05) is 24.8 Å². The van der Waals surface area contributed by atoms with Crippen LogP contribution in [0.4, 0.5) is 10.1 Å². The molecule has 1 rings (SSSR count). The Labute approximate surface area is 103 Å². The van der Waals surface area contributed by atoms with E-state index in [1.807, 2.05) is 7.05 Å². The van der Waals surface area contributed by atoms with Gasteiger partial charge in [0.2, 0.25) is 0 Å². The molecule has 0 aliphatic rings. The van der Waals surface area contributed by atoms with E-state index in [1.165, 1.54) is 12.1 Å². The second-order valence-electron chi connectivity index (χ2n) is 5.80. The van der Waals surface area contributed by atoms with Gasteiger partial charge < -0.3 is 10.0 Å². The molecule has 17 heavy (non-hydrogen) atoms. The number of halogens is 1. The average molecular weight is 239 g/mol. The van der Waals surface area contributed by atoms with Gasteiger partial charge in [0.15, 0.2) is 0 Å². The Morgan fingerprint density at radius 2 is 1.94 bits per heavy atom. The van der Waals surface area contributed by atoms with Crippen molar-refractivity contribution in [3.05, 3.63) is 29.6 Å². The molecule has 0 saturated carbocycles. The maximum atomic E-state index is 13.2. The number of aliphatic hydroxyl groups is 1. The van der Waals surface area contributed by atoms with E-state index in [0.717, 1.165) is 12.2 Å². The first-order chi connectivity index (χ1) is 7.70. The van der Waals surface area contributed by atoms with Crippen molar-refractivity contribution in [1.29, 1.82) is 0 Å². The van der Waals surface area contributed by atoms with Crippen molar-refractivity contribution in [3.8, 4) is 0 Å². The first kappa shape index (κ1) is 14.0. The van der Waals surface area contributed by atoms with E-state index in [4.69, 9.17) is 0 Å². The summed E-state index contributed by atoms with van der Waals surface area (Å²) < 4.78 is 13.2. The summed E-state index contributed by atoms with van der Waals surface area (Å²) in [6.07, 6.45) is -0.664. The lowest BCUT2D eigenvalue weighted by molar-refractivity contribution is 0.199. The Morgan fingerprint density at radius 1 is 1.35 bits per heavy atom. The fraction of sp³-hybridized carbons (Fsp3) is 0.571. The van der Waals surface area contributed by atoms with Crippen LogP contribution in [0.15, 0.2) is 18.2 Å². The highest BCUT2D eigenvalue weighted by molar-refractivity contribution is 5.54. The van der Waals surface area contributed by atoms with Crippen LogP contribution in [0.3, 0.4) is 0 Å². The monoisotopic (exact) mass is 239 g/mol. The van der Waals surface area contributed by atoms with Gasteiger partial charge in [0.05, 0.1) is 6.10 Å². The predicted molar refractivity (Wildman–Crippen MR) is 69.8 cm³/mol. The number of benzene rings is 1. The summed E-state index contributed by atoms with van der Waals surface area (Å²) in [7, 11) is 1.96. The van der Waals surface area contributed by atoms with Crippen LogP contribution in [-0.4, -0.2) is 18.7 Å². The zero-order valence-corrected chi connectivity index (χ0v) is 11.3. The van der Waals surface area contributed by atoms with E-state index < -0.39 is 6.10 Å². The van der Waals surface area contributed by atoms with Crippen molar-refractivity contribution < 1.29 is 9.50 Å². The minimum Gasteiger partial charge on any atom is -0.389 e. The van der Waals surface area contributed by atoms with Gasteiger partial charge in [-0.15, -0.1) is 0 Å². The van der Waals surface area contributed by atoms with Gasteiger partial charge in [-0.05, 0) is 30.5 Å². The summed E-state index contributed by atoms with van der Waals surface area (Å²) in [6.45, 7) is 8.95. The van der Waals surface area contributed by atoms with Crippen molar-refractivity contribution in [2.45, 2.75) is 33.8 Å². The summed E-state index contributed by atoms with van der Waals surface area (Å²) >= 11 is 0. The third-order valence-electron chi connectivity index (χ3n) is 2.56. The Balaban J connectivity index is 3.04. The first-order valence-electron chi connectivity index (χ1n) is 5.89. The van der Waals surface area contributed by atoms with Gasteiger partial charge >= 0.3 is 0 Å². The van der Waals surface area contributed by atoms with E-state index in [0.29, 0.717) is 5.56 Å². The number of hydrogen-bond donors (Lipinski definition) is 1. The molecular formula is C14H22FNO. The summed E-state index contributed by atoms with van der Waals surface area (Å²) in [5, 5.41) is 9.68. The summed E-state index contributed by atoms with van der Waals surface area (Å²) in [5.41, 5.74) is 1.67. The van der Waals surface area contributed by atoms with Crippen molar-refractivity contribution in [1.82, 2.24) is 0 Å².